The van der Waals surface area contributed by atoms with E-state index in [-0.39, 0.29) is 6.10 Å². The van der Waals surface area contributed by atoms with Crippen molar-refractivity contribution in [1.82, 2.24) is 10.6 Å². The van der Waals surface area contributed by atoms with Gasteiger partial charge in [0, 0.05) is 32.2 Å². The number of aliphatic imine (C=N–C) groups is 1. The SMILES string of the molecule is CN=C(NCC1CCOC1c1ccccc1)NC1CCC(C)(C)CC1. The molecule has 1 aromatic rings. The van der Waals surface area contributed by atoms with Gasteiger partial charge in [-0.1, -0.05) is 44.2 Å². The molecule has 2 N–H and O–H groups in total. The number of ether oxygens (including phenoxy) is 1. The van der Waals surface area contributed by atoms with Crippen LogP contribution >= 0.6 is 0 Å². The molecule has 2 aliphatic rings. The van der Waals surface area contributed by atoms with Gasteiger partial charge in [-0.25, -0.2) is 0 Å². The maximum absolute atomic E-state index is 5.99. The van der Waals surface area contributed by atoms with Crippen molar-refractivity contribution in [2.24, 2.45) is 16.3 Å². The molecule has 0 aromatic heterocycles. The van der Waals surface area contributed by atoms with E-state index in [0.717, 1.165) is 25.5 Å². The Labute approximate surface area is 152 Å². The van der Waals surface area contributed by atoms with E-state index in [0.29, 0.717) is 17.4 Å². The van der Waals surface area contributed by atoms with E-state index in [9.17, 15) is 0 Å². The molecule has 1 saturated carbocycles. The third kappa shape index (κ3) is 4.97. The van der Waals surface area contributed by atoms with Gasteiger partial charge in [0.1, 0.15) is 0 Å². The highest BCUT2D eigenvalue weighted by Gasteiger charge is 2.30. The van der Waals surface area contributed by atoms with Gasteiger partial charge in [0.2, 0.25) is 0 Å². The van der Waals surface area contributed by atoms with Crippen LogP contribution < -0.4 is 10.6 Å². The minimum Gasteiger partial charge on any atom is -0.373 e. The maximum Gasteiger partial charge on any atom is 0.191 e. The van der Waals surface area contributed by atoms with Crippen LogP contribution in [0.2, 0.25) is 0 Å². The molecule has 0 amide bonds. The molecule has 1 aliphatic heterocycles. The Kier molecular flexibility index (Phi) is 6.00. The molecule has 0 bridgehead atoms. The molecular formula is C21H33N3O. The van der Waals surface area contributed by atoms with E-state index in [2.05, 4.69) is 59.8 Å². The second-order valence-electron chi connectivity index (χ2n) is 8.29. The number of rotatable bonds is 4. The van der Waals surface area contributed by atoms with Crippen LogP contribution in [0, 0.1) is 11.3 Å². The Bertz CT molecular complexity index is 560. The van der Waals surface area contributed by atoms with E-state index >= 15 is 0 Å². The van der Waals surface area contributed by atoms with Crippen molar-refractivity contribution in [3.05, 3.63) is 35.9 Å². The molecule has 4 nitrogen and oxygen atoms in total. The van der Waals surface area contributed by atoms with Crippen LogP contribution in [0.4, 0.5) is 0 Å². The average Bonchev–Trinajstić information content (AvgIpc) is 3.09. The van der Waals surface area contributed by atoms with Gasteiger partial charge in [0.15, 0.2) is 5.96 Å². The van der Waals surface area contributed by atoms with E-state index in [1.165, 1.54) is 31.2 Å². The van der Waals surface area contributed by atoms with Crippen LogP contribution in [0.3, 0.4) is 0 Å². The Morgan fingerprint density at radius 2 is 1.88 bits per heavy atom. The van der Waals surface area contributed by atoms with E-state index in [4.69, 9.17) is 4.74 Å². The molecule has 1 aromatic carbocycles. The highest BCUT2D eigenvalue weighted by atomic mass is 16.5. The summed E-state index contributed by atoms with van der Waals surface area (Å²) in [5.41, 5.74) is 1.78. The molecule has 2 fully saturated rings. The summed E-state index contributed by atoms with van der Waals surface area (Å²) in [6, 6.07) is 11.1. The van der Waals surface area contributed by atoms with Crippen LogP contribution in [-0.2, 0) is 4.74 Å². The van der Waals surface area contributed by atoms with Crippen LogP contribution in [0.25, 0.3) is 0 Å². The van der Waals surface area contributed by atoms with Crippen molar-refractivity contribution in [2.45, 2.75) is 58.1 Å². The van der Waals surface area contributed by atoms with Crippen molar-refractivity contribution >= 4 is 5.96 Å². The minimum absolute atomic E-state index is 0.197. The molecule has 1 heterocycles. The Morgan fingerprint density at radius 1 is 1.16 bits per heavy atom. The predicted molar refractivity (Wildman–Crippen MR) is 104 cm³/mol. The zero-order valence-electron chi connectivity index (χ0n) is 15.9. The second-order valence-corrected chi connectivity index (χ2v) is 8.29. The summed E-state index contributed by atoms with van der Waals surface area (Å²) in [6.45, 7) is 6.49. The summed E-state index contributed by atoms with van der Waals surface area (Å²) in [5.74, 6) is 1.43. The number of guanidine groups is 1. The Balaban J connectivity index is 1.49. The predicted octanol–water partition coefficient (Wildman–Crippen LogP) is 3.90. The van der Waals surface area contributed by atoms with Crippen LogP contribution in [0.5, 0.6) is 0 Å². The summed E-state index contributed by atoms with van der Waals surface area (Å²) in [7, 11) is 1.86. The second kappa shape index (κ2) is 8.22. The Morgan fingerprint density at radius 3 is 2.56 bits per heavy atom. The molecule has 1 aliphatic carbocycles. The van der Waals surface area contributed by atoms with Crippen molar-refractivity contribution in [1.29, 1.82) is 0 Å². The molecule has 1 saturated heterocycles. The zero-order valence-corrected chi connectivity index (χ0v) is 15.9. The molecule has 25 heavy (non-hydrogen) atoms. The fourth-order valence-electron chi connectivity index (χ4n) is 4.01. The van der Waals surface area contributed by atoms with Gasteiger partial charge in [-0.2, -0.15) is 0 Å². The normalized spacial score (nSPS) is 27.2. The standard InChI is InChI=1S/C21H33N3O/c1-21(2)12-9-18(10-13-21)24-20(22-3)23-15-17-11-14-25-19(17)16-7-5-4-6-8-16/h4-8,17-19H,9-15H2,1-3H3,(H2,22,23,24). The number of benzene rings is 1. The highest BCUT2D eigenvalue weighted by Crippen LogP contribution is 2.35. The minimum atomic E-state index is 0.197. The summed E-state index contributed by atoms with van der Waals surface area (Å²) >= 11 is 0. The maximum atomic E-state index is 5.99. The molecule has 4 heteroatoms. The summed E-state index contributed by atoms with van der Waals surface area (Å²) in [6.07, 6.45) is 6.32. The first-order valence-electron chi connectivity index (χ1n) is 9.71. The number of nitrogens with zero attached hydrogens (tertiary/aromatic N) is 1. The van der Waals surface area contributed by atoms with E-state index in [1.807, 2.05) is 7.05 Å². The van der Waals surface area contributed by atoms with Crippen molar-refractivity contribution in [3.8, 4) is 0 Å². The molecule has 0 spiro atoms. The summed E-state index contributed by atoms with van der Waals surface area (Å²) in [5, 5.41) is 7.16. The first-order chi connectivity index (χ1) is 12.1. The Hall–Kier alpha value is -1.55. The average molecular weight is 344 g/mol. The largest absolute Gasteiger partial charge is 0.373 e. The molecule has 2 atom stereocenters. The van der Waals surface area contributed by atoms with Gasteiger partial charge in [-0.15, -0.1) is 0 Å². The number of hydrogen-bond acceptors (Lipinski definition) is 2. The van der Waals surface area contributed by atoms with Crippen molar-refractivity contribution in [3.63, 3.8) is 0 Å². The number of nitrogens with one attached hydrogen (secondary N) is 2. The quantitative estimate of drug-likeness (QED) is 0.644. The highest BCUT2D eigenvalue weighted by molar-refractivity contribution is 5.79. The molecule has 138 valence electrons. The molecule has 2 unspecified atom stereocenters. The lowest BCUT2D eigenvalue weighted by Gasteiger charge is -2.35. The van der Waals surface area contributed by atoms with Crippen LogP contribution in [0.15, 0.2) is 35.3 Å². The first kappa shape index (κ1) is 18.2. The summed E-state index contributed by atoms with van der Waals surface area (Å²) < 4.78 is 5.99. The van der Waals surface area contributed by atoms with Gasteiger partial charge in [0.25, 0.3) is 0 Å². The summed E-state index contributed by atoms with van der Waals surface area (Å²) in [4.78, 5) is 4.43. The fourth-order valence-corrected chi connectivity index (χ4v) is 4.01. The third-order valence-electron chi connectivity index (χ3n) is 5.78. The van der Waals surface area contributed by atoms with Gasteiger partial charge < -0.3 is 15.4 Å². The van der Waals surface area contributed by atoms with Gasteiger partial charge in [0.05, 0.1) is 6.10 Å². The lowest BCUT2D eigenvalue weighted by atomic mass is 9.75. The van der Waals surface area contributed by atoms with Crippen molar-refractivity contribution in [2.75, 3.05) is 20.2 Å². The smallest absolute Gasteiger partial charge is 0.191 e. The van der Waals surface area contributed by atoms with Gasteiger partial charge in [-0.05, 0) is 43.1 Å². The lowest BCUT2D eigenvalue weighted by molar-refractivity contribution is 0.0915. The molecule has 3 rings (SSSR count). The molecular weight excluding hydrogens is 310 g/mol. The van der Waals surface area contributed by atoms with Crippen LogP contribution in [0.1, 0.15) is 57.6 Å². The van der Waals surface area contributed by atoms with Gasteiger partial charge >= 0.3 is 0 Å². The fraction of sp³-hybridized carbons (Fsp3) is 0.667. The first-order valence-corrected chi connectivity index (χ1v) is 9.71. The monoisotopic (exact) mass is 343 g/mol. The number of hydrogen-bond donors (Lipinski definition) is 2. The third-order valence-corrected chi connectivity index (χ3v) is 5.78. The zero-order chi connectivity index (χ0) is 17.7. The molecule has 0 radical (unpaired) electrons. The van der Waals surface area contributed by atoms with E-state index in [1.54, 1.807) is 0 Å². The lowest BCUT2D eigenvalue weighted by Crippen LogP contribution is -2.46. The van der Waals surface area contributed by atoms with Crippen LogP contribution in [-0.4, -0.2) is 32.2 Å². The van der Waals surface area contributed by atoms with Crippen molar-refractivity contribution < 1.29 is 4.74 Å². The topological polar surface area (TPSA) is 45.7 Å². The van der Waals surface area contributed by atoms with Gasteiger partial charge in [-0.3, -0.25) is 4.99 Å². The van der Waals surface area contributed by atoms with E-state index < -0.39 is 0 Å².